The fourth-order valence-corrected chi connectivity index (χ4v) is 6.04. The number of nitrogens with one attached hydrogen (secondary N) is 4. The minimum Gasteiger partial charge on any atom is -0.394 e. The number of amides is 2. The summed E-state index contributed by atoms with van der Waals surface area (Å²) in [5.74, 6) is -9.28. The van der Waals surface area contributed by atoms with E-state index in [9.17, 15) is 41.8 Å². The molecule has 0 aromatic heterocycles. The van der Waals surface area contributed by atoms with Crippen LogP contribution in [-0.2, 0) is 14.4 Å². The molecular formula is C35H33Cl2F5I2N4O8. The Morgan fingerprint density at radius 2 is 1.29 bits per heavy atom. The normalized spacial score (nSPS) is 12.3. The monoisotopic (exact) mass is 1060 g/mol. The van der Waals surface area contributed by atoms with Gasteiger partial charge < -0.3 is 30.7 Å². The second-order valence-electron chi connectivity index (χ2n) is 11.9. The second-order valence-corrected chi connectivity index (χ2v) is 15.2. The van der Waals surface area contributed by atoms with Gasteiger partial charge in [-0.15, -0.1) is 0 Å². The van der Waals surface area contributed by atoms with E-state index in [1.165, 1.54) is 27.0 Å². The fourth-order valence-electron chi connectivity index (χ4n) is 4.23. The van der Waals surface area contributed by atoms with Crippen LogP contribution in [0.1, 0.15) is 34.6 Å². The minimum absolute atomic E-state index is 0.0478. The van der Waals surface area contributed by atoms with Crippen molar-refractivity contribution in [2.45, 2.75) is 31.7 Å². The van der Waals surface area contributed by atoms with Crippen LogP contribution in [0.5, 0.6) is 0 Å². The average Bonchev–Trinajstić information content (AvgIpc) is 3.14. The predicted octanol–water partition coefficient (Wildman–Crippen LogP) is 7.53. The van der Waals surface area contributed by atoms with Crippen LogP contribution in [-0.4, -0.2) is 71.9 Å². The number of carbonyl (C=O) groups excluding carboxylic acids is 2. The van der Waals surface area contributed by atoms with Crippen LogP contribution in [0.2, 0.25) is 10.0 Å². The van der Waals surface area contributed by atoms with Crippen LogP contribution >= 0.6 is 68.4 Å². The highest BCUT2D eigenvalue weighted by atomic mass is 127. The first-order valence-corrected chi connectivity index (χ1v) is 18.7. The number of hydrogen-bond donors (Lipinski definition) is 7. The molecule has 2 atom stereocenters. The number of hydrogen-bond acceptors (Lipinski definition) is 10. The zero-order valence-corrected chi connectivity index (χ0v) is 35.1. The van der Waals surface area contributed by atoms with Gasteiger partial charge in [-0.3, -0.25) is 19.3 Å². The van der Waals surface area contributed by atoms with Crippen molar-refractivity contribution in [3.8, 4) is 0 Å². The van der Waals surface area contributed by atoms with Crippen molar-refractivity contribution >= 4 is 103 Å². The molecule has 0 heterocycles. The summed E-state index contributed by atoms with van der Waals surface area (Å²) in [6, 6.07) is 12.0. The Labute approximate surface area is 354 Å². The molecule has 0 radical (unpaired) electrons. The molecule has 0 aliphatic rings. The van der Waals surface area contributed by atoms with Gasteiger partial charge >= 0.3 is 0 Å². The van der Waals surface area contributed by atoms with E-state index in [4.69, 9.17) is 38.0 Å². The molecule has 21 heteroatoms. The van der Waals surface area contributed by atoms with E-state index in [2.05, 4.69) is 20.9 Å². The zero-order chi connectivity index (χ0) is 41.9. The third-order valence-corrected chi connectivity index (χ3v) is 9.28. The number of benzene rings is 4. The molecular weight excluding hydrogens is 1020 g/mol. The fraction of sp³-hybridized carbons (Fsp3) is 0.257. The van der Waals surface area contributed by atoms with E-state index >= 15 is 0 Å². The molecule has 0 saturated heterocycles. The first-order valence-electron chi connectivity index (χ1n) is 15.8. The van der Waals surface area contributed by atoms with Crippen LogP contribution in [0.25, 0.3) is 0 Å². The van der Waals surface area contributed by atoms with Gasteiger partial charge in [0.1, 0.15) is 24.4 Å². The molecule has 2 unspecified atom stereocenters. The van der Waals surface area contributed by atoms with E-state index in [0.717, 1.165) is 19.3 Å². The lowest BCUT2D eigenvalue weighted by atomic mass is 10.0. The maximum Gasteiger partial charge on any atom is 0.277 e. The summed E-state index contributed by atoms with van der Waals surface area (Å²) in [7, 11) is 1.36. The Balaban J connectivity index is 0.000000300. The number of halogens is 9. The molecule has 0 fully saturated rings. The number of aliphatic hydroxyl groups is 3. The molecule has 0 saturated carbocycles. The van der Waals surface area contributed by atoms with Gasteiger partial charge in [-0.25, -0.2) is 32.9 Å². The summed E-state index contributed by atoms with van der Waals surface area (Å²) in [6.45, 7) is 1.89. The summed E-state index contributed by atoms with van der Waals surface area (Å²) in [5.41, 5.74) is 1.27. The lowest BCUT2D eigenvalue weighted by Crippen LogP contribution is -2.46. The van der Waals surface area contributed by atoms with Gasteiger partial charge in [0.05, 0.1) is 57.1 Å². The van der Waals surface area contributed by atoms with Crippen LogP contribution in [0.15, 0.2) is 54.6 Å². The number of carbonyl (C=O) groups is 2. The Morgan fingerprint density at radius 1 is 0.750 bits per heavy atom. The largest absolute Gasteiger partial charge is 0.394 e. The van der Waals surface area contributed by atoms with Crippen molar-refractivity contribution in [1.29, 1.82) is 0 Å². The Morgan fingerprint density at radius 3 is 1.80 bits per heavy atom. The summed E-state index contributed by atoms with van der Waals surface area (Å²) >= 11 is 16.2. The van der Waals surface area contributed by atoms with E-state index in [1.54, 1.807) is 30.3 Å². The number of aliphatic hydroxyl groups excluding tert-OH is 3. The lowest BCUT2D eigenvalue weighted by Gasteiger charge is -2.28. The molecule has 4 aromatic carbocycles. The van der Waals surface area contributed by atoms with Gasteiger partial charge in [-0.1, -0.05) is 23.2 Å². The Hall–Kier alpha value is -3.13. The molecule has 7 N–H and O–H groups in total. The van der Waals surface area contributed by atoms with Crippen molar-refractivity contribution in [3.63, 3.8) is 0 Å². The number of anilines is 4. The van der Waals surface area contributed by atoms with E-state index in [0.29, 0.717) is 6.07 Å². The molecule has 2 amide bonds. The molecule has 0 aliphatic carbocycles. The highest BCUT2D eigenvalue weighted by molar-refractivity contribution is 14.1. The highest BCUT2D eigenvalue weighted by Crippen LogP contribution is 2.33. The van der Waals surface area contributed by atoms with E-state index in [1.807, 2.05) is 50.7 Å². The molecule has 4 rings (SSSR count). The first-order chi connectivity index (χ1) is 26.3. The van der Waals surface area contributed by atoms with E-state index < -0.39 is 82.3 Å². The molecule has 56 heavy (non-hydrogen) atoms. The van der Waals surface area contributed by atoms with Gasteiger partial charge in [0.25, 0.3) is 11.8 Å². The van der Waals surface area contributed by atoms with Gasteiger partial charge in [-0.05, 0) is 114 Å². The number of methoxy groups -OCH3 is 1. The van der Waals surface area contributed by atoms with Gasteiger partial charge in [0, 0.05) is 14.3 Å². The maximum absolute atomic E-state index is 14.4. The molecule has 0 bridgehead atoms. The molecule has 0 aliphatic heterocycles. The lowest BCUT2D eigenvalue weighted by molar-refractivity contribution is -0.144. The maximum atomic E-state index is 14.4. The molecule has 304 valence electrons. The summed E-state index contributed by atoms with van der Waals surface area (Å²) in [6.07, 6.45) is -2.31. The number of rotatable bonds is 15. The van der Waals surface area contributed by atoms with Crippen LogP contribution in [0.4, 0.5) is 44.7 Å². The summed E-state index contributed by atoms with van der Waals surface area (Å²) in [4.78, 5) is 34.7. The van der Waals surface area contributed by atoms with Crippen molar-refractivity contribution < 1.29 is 61.3 Å². The molecule has 4 aromatic rings. The van der Waals surface area contributed by atoms with Crippen LogP contribution < -0.4 is 21.6 Å². The summed E-state index contributed by atoms with van der Waals surface area (Å²) in [5, 5.41) is 33.7. The van der Waals surface area contributed by atoms with Crippen molar-refractivity contribution in [1.82, 2.24) is 11.0 Å². The average molecular weight is 1060 g/mol. The topological polar surface area (TPSA) is 171 Å². The van der Waals surface area contributed by atoms with Gasteiger partial charge in [0.15, 0.2) is 29.1 Å². The van der Waals surface area contributed by atoms with Crippen LogP contribution in [0.3, 0.4) is 0 Å². The number of hydroxylamine groups is 2. The predicted molar refractivity (Wildman–Crippen MR) is 215 cm³/mol. The van der Waals surface area contributed by atoms with Crippen LogP contribution in [0, 0.1) is 36.2 Å². The molecule has 0 spiro atoms. The Kier molecular flexibility index (Phi) is 18.2. The Bertz CT molecular complexity index is 2040. The highest BCUT2D eigenvalue weighted by Gasteiger charge is 2.31. The SMILES string of the molecule is CC(C)(ONC(=O)c1ccc(F)c(F)c1Nc1ccc(I)cc1Cl)C(O)CO.COCC(O)CONC(=O)c1cc(F)c(F)c(F)c1Nc1ccc(I)cc1Cl. The standard InChI is InChI=1S/C18H18ClF2IN2O4.C17H15ClF3IN2O4/c1-18(2,14(26)8-25)28-24-17(27)10-4-5-12(20)15(21)16(10)23-13-6-3-9(22)7-11(13)19;1-27-6-9(25)7-28-24-17(26)10-5-12(19)14(20)15(21)16(10)23-13-3-2-8(22)4-11(13)18/h3-7,14,23,25-26H,8H2,1-2H3,(H,24,27);2-5,9,23,25H,6-7H2,1H3,(H,24,26). The zero-order valence-electron chi connectivity index (χ0n) is 29.3. The van der Waals surface area contributed by atoms with E-state index in [-0.39, 0.29) is 40.2 Å². The van der Waals surface area contributed by atoms with Crippen molar-refractivity contribution in [2.75, 3.05) is 37.6 Å². The quantitative estimate of drug-likeness (QED) is 0.0274. The minimum atomic E-state index is -1.75. The molecule has 12 nitrogen and oxygen atoms in total. The smallest absolute Gasteiger partial charge is 0.277 e. The van der Waals surface area contributed by atoms with Crippen molar-refractivity contribution in [2.24, 2.45) is 0 Å². The van der Waals surface area contributed by atoms with Crippen molar-refractivity contribution in [3.05, 3.63) is 112 Å². The van der Waals surface area contributed by atoms with Gasteiger partial charge in [0.2, 0.25) is 0 Å². The third-order valence-electron chi connectivity index (χ3n) is 7.31. The number of ether oxygens (including phenoxy) is 1. The summed E-state index contributed by atoms with van der Waals surface area (Å²) < 4.78 is 76.2. The van der Waals surface area contributed by atoms with Gasteiger partial charge in [-0.2, -0.15) is 0 Å². The third kappa shape index (κ3) is 12.9. The first kappa shape index (κ1) is 47.2. The second kappa shape index (κ2) is 21.6.